The molecule has 0 radical (unpaired) electrons. The summed E-state index contributed by atoms with van der Waals surface area (Å²) in [5.41, 5.74) is -0.474. The molecule has 2 N–H and O–H groups in total. The second-order valence-corrected chi connectivity index (χ2v) is 4.41. The van der Waals surface area contributed by atoms with E-state index in [2.05, 4.69) is 20.6 Å². The zero-order valence-corrected chi connectivity index (χ0v) is 10.3. The van der Waals surface area contributed by atoms with Crippen molar-refractivity contribution in [2.75, 3.05) is 30.9 Å². The van der Waals surface area contributed by atoms with Crippen molar-refractivity contribution >= 4 is 17.3 Å². The Hall–Kier alpha value is -1.96. The molecule has 8 nitrogen and oxygen atoms in total. The highest BCUT2D eigenvalue weighted by Gasteiger charge is 2.33. The van der Waals surface area contributed by atoms with Crippen LogP contribution < -0.4 is 10.6 Å². The maximum atomic E-state index is 11.1. The number of anilines is 2. The fraction of sp³-hybridized carbons (Fsp3) is 0.600. The van der Waals surface area contributed by atoms with Crippen LogP contribution >= 0.6 is 0 Å². The molecule has 1 aliphatic rings. The maximum absolute atomic E-state index is 11.1. The number of nitrogens with zero attached hydrogens (tertiary/aromatic N) is 3. The molecule has 1 unspecified atom stereocenters. The van der Waals surface area contributed by atoms with Gasteiger partial charge in [-0.3, -0.25) is 10.1 Å². The average molecular weight is 253 g/mol. The van der Waals surface area contributed by atoms with Gasteiger partial charge in [0.05, 0.1) is 17.1 Å². The molecule has 1 aromatic heterocycles. The van der Waals surface area contributed by atoms with Crippen LogP contribution in [0.25, 0.3) is 0 Å². The number of aromatic nitrogens is 2. The predicted molar refractivity (Wildman–Crippen MR) is 65.7 cm³/mol. The van der Waals surface area contributed by atoms with Crippen LogP contribution in [0.2, 0.25) is 0 Å². The summed E-state index contributed by atoms with van der Waals surface area (Å²) in [6, 6.07) is 0. The van der Waals surface area contributed by atoms with E-state index in [1.165, 1.54) is 6.33 Å². The second-order valence-electron chi connectivity index (χ2n) is 4.41. The largest absolute Gasteiger partial charge is 0.379 e. The molecule has 1 aliphatic heterocycles. The molecule has 2 heterocycles. The van der Waals surface area contributed by atoms with E-state index in [4.69, 9.17) is 4.74 Å². The first-order chi connectivity index (χ1) is 8.56. The first-order valence-corrected chi connectivity index (χ1v) is 5.59. The SMILES string of the molecule is CNc1ncnc(NC2(C)CCOC2)c1[N+](=O)[O-]. The molecule has 0 spiro atoms. The van der Waals surface area contributed by atoms with E-state index in [1.807, 2.05) is 6.92 Å². The van der Waals surface area contributed by atoms with Crippen LogP contribution in [-0.2, 0) is 4.74 Å². The highest BCUT2D eigenvalue weighted by molar-refractivity contribution is 5.69. The summed E-state index contributed by atoms with van der Waals surface area (Å²) >= 11 is 0. The molecular formula is C10H15N5O3. The summed E-state index contributed by atoms with van der Waals surface area (Å²) < 4.78 is 5.30. The quantitative estimate of drug-likeness (QED) is 0.610. The highest BCUT2D eigenvalue weighted by Crippen LogP contribution is 2.32. The lowest BCUT2D eigenvalue weighted by Gasteiger charge is -2.23. The third-order valence-electron chi connectivity index (χ3n) is 2.88. The number of nitro groups is 1. The molecule has 1 saturated heterocycles. The van der Waals surface area contributed by atoms with E-state index in [0.29, 0.717) is 13.2 Å². The van der Waals surface area contributed by atoms with Gasteiger partial charge >= 0.3 is 5.69 Å². The Bertz CT molecular complexity index is 459. The topological polar surface area (TPSA) is 102 Å². The minimum atomic E-state index is -0.493. The van der Waals surface area contributed by atoms with Crippen LogP contribution in [0.1, 0.15) is 13.3 Å². The summed E-state index contributed by atoms with van der Waals surface area (Å²) in [5, 5.41) is 16.9. The van der Waals surface area contributed by atoms with Gasteiger partial charge in [0.2, 0.25) is 11.6 Å². The van der Waals surface area contributed by atoms with Crippen molar-refractivity contribution in [1.82, 2.24) is 9.97 Å². The van der Waals surface area contributed by atoms with Crippen molar-refractivity contribution < 1.29 is 9.66 Å². The van der Waals surface area contributed by atoms with Crippen molar-refractivity contribution in [2.24, 2.45) is 0 Å². The smallest absolute Gasteiger partial charge is 0.353 e. The first-order valence-electron chi connectivity index (χ1n) is 5.59. The zero-order valence-electron chi connectivity index (χ0n) is 10.3. The monoisotopic (exact) mass is 253 g/mol. The van der Waals surface area contributed by atoms with Gasteiger partial charge in [-0.05, 0) is 13.3 Å². The number of ether oxygens (including phenoxy) is 1. The van der Waals surface area contributed by atoms with Gasteiger partial charge < -0.3 is 15.4 Å². The molecule has 8 heteroatoms. The number of hydrogen-bond donors (Lipinski definition) is 2. The predicted octanol–water partition coefficient (Wildman–Crippen LogP) is 1.02. The summed E-state index contributed by atoms with van der Waals surface area (Å²) in [7, 11) is 1.58. The maximum Gasteiger partial charge on any atom is 0.353 e. The molecule has 0 bridgehead atoms. The van der Waals surface area contributed by atoms with Crippen molar-refractivity contribution in [3.05, 3.63) is 16.4 Å². The molecule has 0 saturated carbocycles. The Balaban J connectivity index is 2.35. The Morgan fingerprint density at radius 3 is 2.78 bits per heavy atom. The van der Waals surface area contributed by atoms with Crippen molar-refractivity contribution in [1.29, 1.82) is 0 Å². The number of hydrogen-bond acceptors (Lipinski definition) is 7. The van der Waals surface area contributed by atoms with Crippen LogP contribution in [0, 0.1) is 10.1 Å². The average Bonchev–Trinajstić information content (AvgIpc) is 2.75. The van der Waals surface area contributed by atoms with E-state index >= 15 is 0 Å². The lowest BCUT2D eigenvalue weighted by molar-refractivity contribution is -0.383. The van der Waals surface area contributed by atoms with Gasteiger partial charge in [-0.2, -0.15) is 0 Å². The Morgan fingerprint density at radius 2 is 2.22 bits per heavy atom. The summed E-state index contributed by atoms with van der Waals surface area (Å²) in [5.74, 6) is 0.410. The van der Waals surface area contributed by atoms with E-state index in [9.17, 15) is 10.1 Å². The van der Waals surface area contributed by atoms with Crippen LogP contribution in [0.15, 0.2) is 6.33 Å². The van der Waals surface area contributed by atoms with Gasteiger partial charge in [0, 0.05) is 13.7 Å². The summed E-state index contributed by atoms with van der Waals surface area (Å²) in [6.07, 6.45) is 2.07. The van der Waals surface area contributed by atoms with Crippen molar-refractivity contribution in [3.8, 4) is 0 Å². The molecule has 0 aromatic carbocycles. The molecule has 0 aliphatic carbocycles. The third-order valence-corrected chi connectivity index (χ3v) is 2.88. The minimum Gasteiger partial charge on any atom is -0.379 e. The van der Waals surface area contributed by atoms with Crippen LogP contribution in [0.3, 0.4) is 0 Å². The lowest BCUT2D eigenvalue weighted by Crippen LogP contribution is -2.35. The molecule has 1 fully saturated rings. The van der Waals surface area contributed by atoms with Crippen molar-refractivity contribution in [3.63, 3.8) is 0 Å². The number of rotatable bonds is 4. The highest BCUT2D eigenvalue weighted by atomic mass is 16.6. The third kappa shape index (κ3) is 2.33. The Labute approximate surface area is 104 Å². The van der Waals surface area contributed by atoms with Crippen molar-refractivity contribution in [2.45, 2.75) is 18.9 Å². The normalized spacial score (nSPS) is 22.8. The van der Waals surface area contributed by atoms with Gasteiger partial charge in [-0.25, -0.2) is 9.97 Å². The lowest BCUT2D eigenvalue weighted by atomic mass is 10.0. The molecule has 98 valence electrons. The molecule has 1 aromatic rings. The number of nitrogens with one attached hydrogen (secondary N) is 2. The summed E-state index contributed by atoms with van der Waals surface area (Å²) in [4.78, 5) is 18.4. The molecule has 2 rings (SSSR count). The van der Waals surface area contributed by atoms with Gasteiger partial charge in [-0.15, -0.1) is 0 Å². The summed E-state index contributed by atoms with van der Waals surface area (Å²) in [6.45, 7) is 3.09. The Morgan fingerprint density at radius 1 is 1.50 bits per heavy atom. The molecular weight excluding hydrogens is 238 g/mol. The van der Waals surface area contributed by atoms with E-state index < -0.39 is 4.92 Å². The Kier molecular flexibility index (Phi) is 3.28. The van der Waals surface area contributed by atoms with Gasteiger partial charge in [0.25, 0.3) is 0 Å². The minimum absolute atomic E-state index is 0.145. The molecule has 1 atom stereocenters. The van der Waals surface area contributed by atoms with Gasteiger partial charge in [-0.1, -0.05) is 0 Å². The fourth-order valence-corrected chi connectivity index (χ4v) is 1.88. The zero-order chi connectivity index (χ0) is 13.2. The van der Waals surface area contributed by atoms with E-state index in [0.717, 1.165) is 6.42 Å². The molecule has 18 heavy (non-hydrogen) atoms. The van der Waals surface area contributed by atoms with Gasteiger partial charge in [0.1, 0.15) is 6.33 Å². The van der Waals surface area contributed by atoms with Crippen LogP contribution in [-0.4, -0.2) is 40.7 Å². The van der Waals surface area contributed by atoms with Crippen LogP contribution in [0.4, 0.5) is 17.3 Å². The molecule has 0 amide bonds. The fourth-order valence-electron chi connectivity index (χ4n) is 1.88. The van der Waals surface area contributed by atoms with E-state index in [1.54, 1.807) is 7.05 Å². The standard InChI is InChI=1S/C10H15N5O3/c1-10(3-4-18-5-10)14-9-7(15(16)17)8(11-2)12-6-13-9/h6H,3-5H2,1-2H3,(H2,11,12,13,14). The van der Waals surface area contributed by atoms with Crippen LogP contribution in [0.5, 0.6) is 0 Å². The first kappa shape index (κ1) is 12.5. The van der Waals surface area contributed by atoms with Gasteiger partial charge in [0.15, 0.2) is 0 Å². The second kappa shape index (κ2) is 4.73. The van der Waals surface area contributed by atoms with E-state index in [-0.39, 0.29) is 22.9 Å².